The highest BCUT2D eigenvalue weighted by molar-refractivity contribution is 7.15. The SMILES string of the molecule is Cc1nnsc1CN(C)CCC(=O)Nc1nnc(C2CC2)s1. The molecule has 1 aliphatic rings. The number of carbonyl (C=O) groups is 1. The summed E-state index contributed by atoms with van der Waals surface area (Å²) in [6.45, 7) is 3.39. The number of amides is 1. The van der Waals surface area contributed by atoms with Gasteiger partial charge in [0, 0.05) is 25.4 Å². The number of hydrogen-bond acceptors (Lipinski definition) is 8. The van der Waals surface area contributed by atoms with Crippen molar-refractivity contribution in [3.63, 3.8) is 0 Å². The molecule has 0 atom stereocenters. The summed E-state index contributed by atoms with van der Waals surface area (Å²) in [5, 5.41) is 16.6. The number of carbonyl (C=O) groups excluding carboxylic acids is 1. The maximum Gasteiger partial charge on any atom is 0.227 e. The number of nitrogens with one attached hydrogen (secondary N) is 1. The number of rotatable bonds is 7. The monoisotopic (exact) mass is 338 g/mol. The van der Waals surface area contributed by atoms with Crippen molar-refractivity contribution in [2.24, 2.45) is 0 Å². The Bertz CT molecular complexity index is 651. The fourth-order valence-electron chi connectivity index (χ4n) is 1.97. The second-order valence-corrected chi connectivity index (χ2v) is 7.38. The van der Waals surface area contributed by atoms with Crippen molar-refractivity contribution in [2.45, 2.75) is 38.6 Å². The van der Waals surface area contributed by atoms with Crippen LogP contribution in [-0.4, -0.2) is 44.2 Å². The van der Waals surface area contributed by atoms with E-state index in [9.17, 15) is 4.79 Å². The normalized spacial score (nSPS) is 14.5. The van der Waals surface area contributed by atoms with E-state index in [1.54, 1.807) is 0 Å². The Balaban J connectivity index is 1.42. The van der Waals surface area contributed by atoms with Crippen LogP contribution in [0.4, 0.5) is 5.13 Å². The minimum atomic E-state index is -0.0236. The van der Waals surface area contributed by atoms with Gasteiger partial charge in [0.05, 0.1) is 10.6 Å². The van der Waals surface area contributed by atoms with Crippen LogP contribution >= 0.6 is 22.9 Å². The van der Waals surface area contributed by atoms with Gasteiger partial charge in [0.2, 0.25) is 11.0 Å². The first-order valence-electron chi connectivity index (χ1n) is 7.21. The van der Waals surface area contributed by atoms with Crippen molar-refractivity contribution in [1.29, 1.82) is 0 Å². The Kier molecular flexibility index (Phi) is 4.74. The van der Waals surface area contributed by atoms with Crippen LogP contribution in [0.1, 0.15) is 40.8 Å². The lowest BCUT2D eigenvalue weighted by atomic mass is 10.3. The molecule has 0 aliphatic heterocycles. The molecule has 1 amide bonds. The fourth-order valence-corrected chi connectivity index (χ4v) is 3.62. The van der Waals surface area contributed by atoms with Gasteiger partial charge in [-0.3, -0.25) is 4.79 Å². The molecule has 7 nitrogen and oxygen atoms in total. The molecule has 1 N–H and O–H groups in total. The quantitative estimate of drug-likeness (QED) is 0.832. The van der Waals surface area contributed by atoms with Crippen molar-refractivity contribution in [2.75, 3.05) is 18.9 Å². The van der Waals surface area contributed by atoms with Crippen molar-refractivity contribution in [3.05, 3.63) is 15.6 Å². The fraction of sp³-hybridized carbons (Fsp3) is 0.615. The van der Waals surface area contributed by atoms with Gasteiger partial charge in [0.15, 0.2) is 0 Å². The Hall–Kier alpha value is -1.45. The molecule has 1 saturated carbocycles. The molecule has 118 valence electrons. The summed E-state index contributed by atoms with van der Waals surface area (Å²) in [6, 6.07) is 0. The maximum atomic E-state index is 12.0. The topological polar surface area (TPSA) is 83.9 Å². The molecular weight excluding hydrogens is 320 g/mol. The van der Waals surface area contributed by atoms with Gasteiger partial charge in [-0.15, -0.1) is 15.3 Å². The lowest BCUT2D eigenvalue weighted by Gasteiger charge is -2.14. The second-order valence-electron chi connectivity index (χ2n) is 5.54. The molecule has 0 saturated heterocycles. The molecule has 2 heterocycles. The van der Waals surface area contributed by atoms with E-state index in [-0.39, 0.29) is 5.91 Å². The number of aromatic nitrogens is 4. The standard InChI is InChI=1S/C13H18N6OS2/c1-8-10(22-18-15-8)7-19(2)6-5-11(20)14-13-17-16-12(21-13)9-3-4-9/h9H,3-7H2,1-2H3,(H,14,17,20). The Labute approximate surface area is 136 Å². The third-order valence-electron chi connectivity index (χ3n) is 3.49. The van der Waals surface area contributed by atoms with Crippen LogP contribution in [0.25, 0.3) is 0 Å². The molecule has 9 heteroatoms. The van der Waals surface area contributed by atoms with E-state index in [4.69, 9.17) is 0 Å². The van der Waals surface area contributed by atoms with Crippen LogP contribution in [0.15, 0.2) is 0 Å². The predicted molar refractivity (Wildman–Crippen MR) is 86.1 cm³/mol. The first-order valence-corrected chi connectivity index (χ1v) is 8.80. The molecule has 1 fully saturated rings. The molecule has 3 rings (SSSR count). The van der Waals surface area contributed by atoms with E-state index in [1.165, 1.54) is 35.7 Å². The van der Waals surface area contributed by atoms with E-state index in [0.29, 0.717) is 24.0 Å². The molecule has 0 radical (unpaired) electrons. The van der Waals surface area contributed by atoms with Crippen molar-refractivity contribution in [3.8, 4) is 0 Å². The predicted octanol–water partition coefficient (Wildman–Crippen LogP) is 2.04. The summed E-state index contributed by atoms with van der Waals surface area (Å²) in [5.74, 6) is 0.551. The summed E-state index contributed by atoms with van der Waals surface area (Å²) >= 11 is 2.90. The second kappa shape index (κ2) is 6.76. The molecule has 2 aromatic rings. The molecule has 0 unspecified atom stereocenters. The Morgan fingerprint density at radius 2 is 2.18 bits per heavy atom. The summed E-state index contributed by atoms with van der Waals surface area (Å²) < 4.78 is 3.92. The summed E-state index contributed by atoms with van der Waals surface area (Å²) in [5.41, 5.74) is 0.961. The number of aryl methyl sites for hydroxylation is 1. The lowest BCUT2D eigenvalue weighted by molar-refractivity contribution is -0.116. The zero-order chi connectivity index (χ0) is 15.5. The summed E-state index contributed by atoms with van der Waals surface area (Å²) in [6.07, 6.45) is 2.82. The van der Waals surface area contributed by atoms with Gasteiger partial charge in [-0.05, 0) is 38.3 Å². The average molecular weight is 338 g/mol. The number of nitrogens with zero attached hydrogens (tertiary/aromatic N) is 5. The van der Waals surface area contributed by atoms with Crippen molar-refractivity contribution in [1.82, 2.24) is 24.7 Å². The minimum absolute atomic E-state index is 0.0236. The van der Waals surface area contributed by atoms with Crippen LogP contribution in [0.2, 0.25) is 0 Å². The molecule has 0 bridgehead atoms. The summed E-state index contributed by atoms with van der Waals surface area (Å²) in [4.78, 5) is 15.2. The van der Waals surface area contributed by atoms with Crippen LogP contribution < -0.4 is 5.32 Å². The highest BCUT2D eigenvalue weighted by atomic mass is 32.1. The largest absolute Gasteiger partial charge is 0.301 e. The third kappa shape index (κ3) is 4.05. The van der Waals surface area contributed by atoms with E-state index < -0.39 is 0 Å². The van der Waals surface area contributed by atoms with Gasteiger partial charge in [0.1, 0.15) is 5.01 Å². The van der Waals surface area contributed by atoms with Crippen LogP contribution in [0, 0.1) is 6.92 Å². The van der Waals surface area contributed by atoms with E-state index in [0.717, 1.165) is 22.1 Å². The average Bonchev–Trinajstić information content (AvgIpc) is 3.12. The third-order valence-corrected chi connectivity index (χ3v) is 5.30. The number of hydrogen-bond donors (Lipinski definition) is 1. The first kappa shape index (κ1) is 15.4. The van der Waals surface area contributed by atoms with Crippen LogP contribution in [0.5, 0.6) is 0 Å². The molecular formula is C13H18N6OS2. The van der Waals surface area contributed by atoms with E-state index >= 15 is 0 Å². The van der Waals surface area contributed by atoms with Gasteiger partial charge in [-0.25, -0.2) is 0 Å². The van der Waals surface area contributed by atoms with Gasteiger partial charge in [-0.2, -0.15) is 0 Å². The Morgan fingerprint density at radius 1 is 1.36 bits per heavy atom. The zero-order valence-electron chi connectivity index (χ0n) is 12.6. The molecule has 0 aromatic carbocycles. The molecule has 0 spiro atoms. The molecule has 2 aromatic heterocycles. The van der Waals surface area contributed by atoms with Crippen LogP contribution in [-0.2, 0) is 11.3 Å². The molecule has 1 aliphatic carbocycles. The smallest absolute Gasteiger partial charge is 0.227 e. The Morgan fingerprint density at radius 3 is 2.86 bits per heavy atom. The zero-order valence-corrected chi connectivity index (χ0v) is 14.2. The highest BCUT2D eigenvalue weighted by Crippen LogP contribution is 2.42. The summed E-state index contributed by atoms with van der Waals surface area (Å²) in [7, 11) is 1.99. The molecule has 22 heavy (non-hydrogen) atoms. The van der Waals surface area contributed by atoms with E-state index in [1.807, 2.05) is 14.0 Å². The maximum absolute atomic E-state index is 12.0. The number of anilines is 1. The van der Waals surface area contributed by atoms with Crippen LogP contribution in [0.3, 0.4) is 0 Å². The van der Waals surface area contributed by atoms with E-state index in [2.05, 4.69) is 30.0 Å². The van der Waals surface area contributed by atoms with Crippen molar-refractivity contribution < 1.29 is 4.79 Å². The lowest BCUT2D eigenvalue weighted by Crippen LogP contribution is -2.24. The van der Waals surface area contributed by atoms with Crippen molar-refractivity contribution >= 4 is 33.9 Å². The van der Waals surface area contributed by atoms with Gasteiger partial charge < -0.3 is 10.2 Å². The van der Waals surface area contributed by atoms with Gasteiger partial charge >= 0.3 is 0 Å². The minimum Gasteiger partial charge on any atom is -0.301 e. The van der Waals surface area contributed by atoms with Gasteiger partial charge in [0.25, 0.3) is 0 Å². The first-order chi connectivity index (χ1) is 10.6. The highest BCUT2D eigenvalue weighted by Gasteiger charge is 2.27. The van der Waals surface area contributed by atoms with Gasteiger partial charge in [-0.1, -0.05) is 15.8 Å².